The summed E-state index contributed by atoms with van der Waals surface area (Å²) >= 11 is 6.98. The molecular formula is C13H12ClN3O2S. The largest absolute Gasteiger partial charge is 0.325 e. The standard InChI is InChI=1S/C13H12ClN3O2S/c1-7-11(8(2)18)20-13(15-7)17-12(19)16-10-5-3-4-9(14)6-10/h3-6H,1-2H3,(H2,15,16,17,19). The molecule has 104 valence electrons. The molecule has 2 aromatic rings. The molecule has 0 aliphatic heterocycles. The molecule has 0 radical (unpaired) electrons. The summed E-state index contributed by atoms with van der Waals surface area (Å²) < 4.78 is 0. The second kappa shape index (κ2) is 6.02. The third-order valence-electron chi connectivity index (χ3n) is 2.42. The van der Waals surface area contributed by atoms with Gasteiger partial charge in [0.2, 0.25) is 0 Å². The molecule has 20 heavy (non-hydrogen) atoms. The summed E-state index contributed by atoms with van der Waals surface area (Å²) in [4.78, 5) is 27.8. The highest BCUT2D eigenvalue weighted by atomic mass is 35.5. The Bertz CT molecular complexity index is 669. The Morgan fingerprint density at radius 1 is 1.30 bits per heavy atom. The maximum Gasteiger partial charge on any atom is 0.325 e. The third-order valence-corrected chi connectivity index (χ3v) is 3.83. The van der Waals surface area contributed by atoms with E-state index < -0.39 is 6.03 Å². The van der Waals surface area contributed by atoms with Gasteiger partial charge >= 0.3 is 6.03 Å². The van der Waals surface area contributed by atoms with Gasteiger partial charge in [0.15, 0.2) is 10.9 Å². The van der Waals surface area contributed by atoms with Gasteiger partial charge in [-0.05, 0) is 25.1 Å². The van der Waals surface area contributed by atoms with Crippen LogP contribution in [-0.2, 0) is 0 Å². The fraction of sp³-hybridized carbons (Fsp3) is 0.154. The molecule has 7 heteroatoms. The number of rotatable bonds is 3. The van der Waals surface area contributed by atoms with Crippen molar-refractivity contribution in [2.75, 3.05) is 10.6 Å². The summed E-state index contributed by atoms with van der Waals surface area (Å²) in [6.07, 6.45) is 0. The molecule has 0 spiro atoms. The minimum atomic E-state index is -0.434. The molecule has 0 saturated heterocycles. The van der Waals surface area contributed by atoms with Gasteiger partial charge in [-0.3, -0.25) is 10.1 Å². The molecule has 0 aliphatic carbocycles. The molecule has 0 atom stereocenters. The van der Waals surface area contributed by atoms with Crippen molar-refractivity contribution in [1.82, 2.24) is 4.98 Å². The number of thiazole rings is 1. The molecule has 1 aromatic heterocycles. The highest BCUT2D eigenvalue weighted by Crippen LogP contribution is 2.23. The summed E-state index contributed by atoms with van der Waals surface area (Å²) in [6.45, 7) is 3.20. The third kappa shape index (κ3) is 3.55. The summed E-state index contributed by atoms with van der Waals surface area (Å²) in [7, 11) is 0. The van der Waals surface area contributed by atoms with Gasteiger partial charge in [0.25, 0.3) is 0 Å². The number of amides is 2. The van der Waals surface area contributed by atoms with Crippen molar-refractivity contribution in [2.45, 2.75) is 13.8 Å². The number of Topliss-reactive ketones (excluding diaryl/α,β-unsaturated/α-hetero) is 1. The first kappa shape index (κ1) is 14.5. The fourth-order valence-corrected chi connectivity index (χ4v) is 2.65. The minimum Gasteiger partial charge on any atom is -0.308 e. The van der Waals surface area contributed by atoms with Crippen LogP contribution in [0.3, 0.4) is 0 Å². The summed E-state index contributed by atoms with van der Waals surface area (Å²) in [6, 6.07) is 6.37. The number of anilines is 2. The number of benzene rings is 1. The molecule has 5 nitrogen and oxygen atoms in total. The van der Waals surface area contributed by atoms with Crippen molar-refractivity contribution >= 4 is 45.6 Å². The number of urea groups is 1. The van der Waals surface area contributed by atoms with Crippen molar-refractivity contribution in [3.05, 3.63) is 39.9 Å². The number of halogens is 1. The van der Waals surface area contributed by atoms with Gasteiger partial charge in [-0.25, -0.2) is 9.78 Å². The topological polar surface area (TPSA) is 71.1 Å². The predicted molar refractivity (Wildman–Crippen MR) is 80.9 cm³/mol. The summed E-state index contributed by atoms with van der Waals surface area (Å²) in [5, 5.41) is 6.14. The van der Waals surface area contributed by atoms with E-state index in [1.807, 2.05) is 0 Å². The number of carbonyl (C=O) groups is 2. The molecule has 1 aromatic carbocycles. The number of aromatic nitrogens is 1. The second-order valence-electron chi connectivity index (χ2n) is 4.08. The van der Waals surface area contributed by atoms with Crippen LogP contribution < -0.4 is 10.6 Å². The van der Waals surface area contributed by atoms with E-state index in [4.69, 9.17) is 11.6 Å². The van der Waals surface area contributed by atoms with Gasteiger partial charge in [-0.1, -0.05) is 29.0 Å². The lowest BCUT2D eigenvalue weighted by molar-refractivity contribution is 0.102. The minimum absolute atomic E-state index is 0.0664. The normalized spacial score (nSPS) is 10.2. The molecule has 0 bridgehead atoms. The maximum atomic E-state index is 11.8. The molecule has 1 heterocycles. The number of aryl methyl sites for hydroxylation is 1. The van der Waals surface area contributed by atoms with Crippen molar-refractivity contribution in [2.24, 2.45) is 0 Å². The van der Waals surface area contributed by atoms with Crippen LogP contribution in [0.15, 0.2) is 24.3 Å². The number of nitrogens with zero attached hydrogens (tertiary/aromatic N) is 1. The number of ketones is 1. The lowest BCUT2D eigenvalue weighted by Crippen LogP contribution is -2.19. The Morgan fingerprint density at radius 3 is 2.65 bits per heavy atom. The lowest BCUT2D eigenvalue weighted by Gasteiger charge is -2.05. The van der Waals surface area contributed by atoms with Crippen molar-refractivity contribution < 1.29 is 9.59 Å². The zero-order chi connectivity index (χ0) is 14.7. The second-order valence-corrected chi connectivity index (χ2v) is 5.51. The highest BCUT2D eigenvalue weighted by molar-refractivity contribution is 7.17. The Hall–Kier alpha value is -1.92. The molecule has 2 N–H and O–H groups in total. The Labute approximate surface area is 125 Å². The van der Waals surface area contributed by atoms with Crippen LogP contribution in [0.4, 0.5) is 15.6 Å². The molecule has 0 aliphatic rings. The van der Waals surface area contributed by atoms with E-state index in [-0.39, 0.29) is 5.78 Å². The van der Waals surface area contributed by atoms with E-state index in [0.29, 0.717) is 26.4 Å². The number of nitrogens with one attached hydrogen (secondary N) is 2. The average molecular weight is 310 g/mol. The smallest absolute Gasteiger partial charge is 0.308 e. The first-order valence-corrected chi connectivity index (χ1v) is 6.97. The highest BCUT2D eigenvalue weighted by Gasteiger charge is 2.13. The molecule has 2 rings (SSSR count). The molecule has 0 unspecified atom stereocenters. The maximum absolute atomic E-state index is 11.8. The first-order valence-electron chi connectivity index (χ1n) is 5.77. The molecule has 0 fully saturated rings. The fourth-order valence-electron chi connectivity index (χ4n) is 1.60. The predicted octanol–water partition coefficient (Wildman–Crippen LogP) is 3.95. The van der Waals surface area contributed by atoms with Gasteiger partial charge < -0.3 is 5.32 Å². The van der Waals surface area contributed by atoms with Crippen LogP contribution in [0.1, 0.15) is 22.3 Å². The van der Waals surface area contributed by atoms with Gasteiger partial charge in [-0.2, -0.15) is 0 Å². The van der Waals surface area contributed by atoms with Gasteiger partial charge in [0, 0.05) is 17.6 Å². The van der Waals surface area contributed by atoms with Crippen LogP contribution in [0.5, 0.6) is 0 Å². The zero-order valence-electron chi connectivity index (χ0n) is 10.9. The van der Waals surface area contributed by atoms with E-state index in [1.165, 1.54) is 6.92 Å². The first-order chi connectivity index (χ1) is 9.45. The van der Waals surface area contributed by atoms with Crippen molar-refractivity contribution in [3.8, 4) is 0 Å². The lowest BCUT2D eigenvalue weighted by atomic mass is 10.3. The van der Waals surface area contributed by atoms with Crippen molar-refractivity contribution in [1.29, 1.82) is 0 Å². The van der Waals surface area contributed by atoms with Gasteiger partial charge in [0.05, 0.1) is 10.6 Å². The number of carbonyl (C=O) groups excluding carboxylic acids is 2. The van der Waals surface area contributed by atoms with E-state index in [9.17, 15) is 9.59 Å². The van der Waals surface area contributed by atoms with E-state index in [1.54, 1.807) is 31.2 Å². The molecular weight excluding hydrogens is 298 g/mol. The van der Waals surface area contributed by atoms with Crippen LogP contribution in [0, 0.1) is 6.92 Å². The van der Waals surface area contributed by atoms with Crippen LogP contribution in [-0.4, -0.2) is 16.8 Å². The van der Waals surface area contributed by atoms with Crippen LogP contribution in [0.2, 0.25) is 5.02 Å². The summed E-state index contributed by atoms with van der Waals surface area (Å²) in [5.74, 6) is -0.0664. The Kier molecular flexibility index (Phi) is 4.36. The van der Waals surface area contributed by atoms with Gasteiger partial charge in [-0.15, -0.1) is 0 Å². The monoisotopic (exact) mass is 309 g/mol. The quantitative estimate of drug-likeness (QED) is 0.843. The average Bonchev–Trinajstić information content (AvgIpc) is 2.70. The van der Waals surface area contributed by atoms with E-state index in [0.717, 1.165) is 11.3 Å². The van der Waals surface area contributed by atoms with E-state index in [2.05, 4.69) is 15.6 Å². The number of hydrogen-bond acceptors (Lipinski definition) is 4. The van der Waals surface area contributed by atoms with E-state index >= 15 is 0 Å². The van der Waals surface area contributed by atoms with Crippen molar-refractivity contribution in [3.63, 3.8) is 0 Å². The Balaban J connectivity index is 2.05. The van der Waals surface area contributed by atoms with Gasteiger partial charge in [0.1, 0.15) is 0 Å². The number of hydrogen-bond donors (Lipinski definition) is 2. The zero-order valence-corrected chi connectivity index (χ0v) is 12.4. The summed E-state index contributed by atoms with van der Waals surface area (Å²) in [5.41, 5.74) is 1.19. The molecule has 2 amide bonds. The van der Waals surface area contributed by atoms with Crippen LogP contribution >= 0.6 is 22.9 Å². The SMILES string of the molecule is CC(=O)c1sc(NC(=O)Nc2cccc(Cl)c2)nc1C. The Morgan fingerprint density at radius 2 is 2.05 bits per heavy atom. The molecule has 0 saturated carbocycles. The van der Waals surface area contributed by atoms with Crippen LogP contribution in [0.25, 0.3) is 0 Å².